The molecule has 0 saturated carbocycles. The number of benzene rings is 1. The minimum absolute atomic E-state index is 0.169. The quantitative estimate of drug-likeness (QED) is 0.932. The van der Waals surface area contributed by atoms with E-state index in [4.69, 9.17) is 4.74 Å². The van der Waals surface area contributed by atoms with Crippen molar-refractivity contribution in [2.24, 2.45) is 0 Å². The number of hydrogen-bond donors (Lipinski definition) is 1. The van der Waals surface area contributed by atoms with E-state index >= 15 is 0 Å². The van der Waals surface area contributed by atoms with E-state index in [0.29, 0.717) is 0 Å². The van der Waals surface area contributed by atoms with Crippen molar-refractivity contribution >= 4 is 0 Å². The Hall–Kier alpha value is -1.81. The van der Waals surface area contributed by atoms with Crippen LogP contribution >= 0.6 is 0 Å². The SMILES string of the molecule is COc1ccccc1-n1cncc1C1(C)CCNCC1. The topological polar surface area (TPSA) is 39.1 Å². The number of hydrogen-bond acceptors (Lipinski definition) is 3. The van der Waals surface area contributed by atoms with Crippen molar-refractivity contribution in [3.63, 3.8) is 0 Å². The number of nitrogens with one attached hydrogen (secondary N) is 1. The highest BCUT2D eigenvalue weighted by Crippen LogP contribution is 2.35. The molecule has 0 aliphatic carbocycles. The summed E-state index contributed by atoms with van der Waals surface area (Å²) in [5, 5.41) is 3.43. The van der Waals surface area contributed by atoms with E-state index in [-0.39, 0.29) is 5.41 Å². The fourth-order valence-corrected chi connectivity index (χ4v) is 3.00. The number of para-hydroxylation sites is 2. The molecule has 1 aromatic heterocycles. The van der Waals surface area contributed by atoms with E-state index in [1.54, 1.807) is 7.11 Å². The molecule has 1 aliphatic heterocycles. The number of piperidine rings is 1. The highest BCUT2D eigenvalue weighted by Gasteiger charge is 2.32. The van der Waals surface area contributed by atoms with Gasteiger partial charge in [-0.2, -0.15) is 0 Å². The number of rotatable bonds is 3. The lowest BCUT2D eigenvalue weighted by atomic mass is 9.78. The molecule has 4 heteroatoms. The molecule has 1 saturated heterocycles. The fourth-order valence-electron chi connectivity index (χ4n) is 3.00. The van der Waals surface area contributed by atoms with E-state index in [1.807, 2.05) is 30.7 Å². The Bertz CT molecular complexity index is 585. The van der Waals surface area contributed by atoms with Crippen molar-refractivity contribution in [1.82, 2.24) is 14.9 Å². The van der Waals surface area contributed by atoms with Crippen LogP contribution in [0.3, 0.4) is 0 Å². The van der Waals surface area contributed by atoms with Crippen LogP contribution in [0.25, 0.3) is 5.69 Å². The maximum absolute atomic E-state index is 5.48. The average molecular weight is 271 g/mol. The van der Waals surface area contributed by atoms with Gasteiger partial charge in [0, 0.05) is 17.3 Å². The summed E-state index contributed by atoms with van der Waals surface area (Å²) in [6.45, 7) is 4.46. The van der Waals surface area contributed by atoms with Gasteiger partial charge >= 0.3 is 0 Å². The highest BCUT2D eigenvalue weighted by molar-refractivity contribution is 5.48. The summed E-state index contributed by atoms with van der Waals surface area (Å²) in [5.74, 6) is 0.879. The molecule has 106 valence electrons. The van der Waals surface area contributed by atoms with Crippen molar-refractivity contribution in [3.8, 4) is 11.4 Å². The van der Waals surface area contributed by atoms with Crippen molar-refractivity contribution in [3.05, 3.63) is 42.5 Å². The lowest BCUT2D eigenvalue weighted by molar-refractivity contribution is 0.323. The molecule has 20 heavy (non-hydrogen) atoms. The maximum atomic E-state index is 5.48. The van der Waals surface area contributed by atoms with Crippen LogP contribution in [0, 0.1) is 0 Å². The Morgan fingerprint density at radius 1 is 1.25 bits per heavy atom. The van der Waals surface area contributed by atoms with Gasteiger partial charge in [0.2, 0.25) is 0 Å². The largest absolute Gasteiger partial charge is 0.495 e. The number of methoxy groups -OCH3 is 1. The zero-order valence-electron chi connectivity index (χ0n) is 12.1. The van der Waals surface area contributed by atoms with Gasteiger partial charge in [0.1, 0.15) is 5.75 Å². The van der Waals surface area contributed by atoms with Crippen LogP contribution in [0.5, 0.6) is 5.75 Å². The highest BCUT2D eigenvalue weighted by atomic mass is 16.5. The van der Waals surface area contributed by atoms with E-state index in [1.165, 1.54) is 5.69 Å². The smallest absolute Gasteiger partial charge is 0.142 e. The third-order valence-electron chi connectivity index (χ3n) is 4.31. The second-order valence-corrected chi connectivity index (χ2v) is 5.63. The van der Waals surface area contributed by atoms with Gasteiger partial charge in [0.15, 0.2) is 0 Å². The summed E-state index contributed by atoms with van der Waals surface area (Å²) < 4.78 is 7.65. The van der Waals surface area contributed by atoms with E-state index in [2.05, 4.69) is 27.9 Å². The molecule has 0 spiro atoms. The molecule has 0 atom stereocenters. The molecular formula is C16H21N3O. The first kappa shape index (κ1) is 13.2. The van der Waals surface area contributed by atoms with Crippen molar-refractivity contribution in [2.75, 3.05) is 20.2 Å². The minimum Gasteiger partial charge on any atom is -0.495 e. The third-order valence-corrected chi connectivity index (χ3v) is 4.31. The van der Waals surface area contributed by atoms with E-state index in [9.17, 15) is 0 Å². The Labute approximate surface area is 119 Å². The van der Waals surface area contributed by atoms with Crippen LogP contribution in [0.2, 0.25) is 0 Å². The third kappa shape index (κ3) is 2.20. The van der Waals surface area contributed by atoms with Crippen molar-refractivity contribution in [2.45, 2.75) is 25.2 Å². The number of nitrogens with zero attached hydrogens (tertiary/aromatic N) is 2. The van der Waals surface area contributed by atoms with Crippen LogP contribution in [0.4, 0.5) is 0 Å². The van der Waals surface area contributed by atoms with E-state index in [0.717, 1.165) is 37.4 Å². The molecule has 0 bridgehead atoms. The summed E-state index contributed by atoms with van der Waals surface area (Å²) >= 11 is 0. The lowest BCUT2D eigenvalue weighted by Crippen LogP contribution is -2.38. The van der Waals surface area contributed by atoms with Crippen LogP contribution < -0.4 is 10.1 Å². The summed E-state index contributed by atoms with van der Waals surface area (Å²) in [5.41, 5.74) is 2.49. The number of aromatic nitrogens is 2. The normalized spacial score (nSPS) is 17.9. The van der Waals surface area contributed by atoms with Gasteiger partial charge in [-0.05, 0) is 38.1 Å². The first-order valence-electron chi connectivity index (χ1n) is 7.11. The predicted molar refractivity (Wildman–Crippen MR) is 79.6 cm³/mol. The summed E-state index contributed by atoms with van der Waals surface area (Å²) in [4.78, 5) is 4.38. The molecule has 1 aromatic carbocycles. The molecule has 1 aliphatic rings. The summed E-state index contributed by atoms with van der Waals surface area (Å²) in [6.07, 6.45) is 6.15. The van der Waals surface area contributed by atoms with Crippen LogP contribution in [0.15, 0.2) is 36.8 Å². The standard InChI is InChI=1S/C16H21N3O/c1-16(7-9-17-10-8-16)15-11-18-12-19(15)13-5-3-4-6-14(13)20-2/h3-6,11-12,17H,7-10H2,1-2H3. The first-order chi connectivity index (χ1) is 9.74. The van der Waals surface area contributed by atoms with Gasteiger partial charge in [0.25, 0.3) is 0 Å². The van der Waals surface area contributed by atoms with Crippen molar-refractivity contribution in [1.29, 1.82) is 0 Å². The second kappa shape index (κ2) is 5.29. The van der Waals surface area contributed by atoms with Crippen LogP contribution in [-0.4, -0.2) is 29.8 Å². The number of imidazole rings is 1. The predicted octanol–water partition coefficient (Wildman–Crippen LogP) is 2.52. The zero-order chi connectivity index (χ0) is 14.0. The fraction of sp³-hybridized carbons (Fsp3) is 0.438. The zero-order valence-corrected chi connectivity index (χ0v) is 12.1. The summed E-state index contributed by atoms with van der Waals surface area (Å²) in [6, 6.07) is 8.09. The molecule has 3 rings (SSSR count). The average Bonchev–Trinajstić information content (AvgIpc) is 2.98. The second-order valence-electron chi connectivity index (χ2n) is 5.63. The molecule has 2 heterocycles. The minimum atomic E-state index is 0.169. The maximum Gasteiger partial charge on any atom is 0.142 e. The first-order valence-corrected chi connectivity index (χ1v) is 7.11. The van der Waals surface area contributed by atoms with Gasteiger partial charge in [-0.25, -0.2) is 4.98 Å². The van der Waals surface area contributed by atoms with Gasteiger partial charge in [0.05, 0.1) is 19.1 Å². The van der Waals surface area contributed by atoms with Crippen LogP contribution in [-0.2, 0) is 5.41 Å². The van der Waals surface area contributed by atoms with Gasteiger partial charge in [-0.3, -0.25) is 4.57 Å². The van der Waals surface area contributed by atoms with Crippen molar-refractivity contribution < 1.29 is 4.74 Å². The molecule has 4 nitrogen and oxygen atoms in total. The Kier molecular flexibility index (Phi) is 3.49. The van der Waals surface area contributed by atoms with E-state index < -0.39 is 0 Å². The molecule has 0 radical (unpaired) electrons. The Morgan fingerprint density at radius 2 is 2.00 bits per heavy atom. The monoisotopic (exact) mass is 271 g/mol. The molecule has 1 N–H and O–H groups in total. The summed E-state index contributed by atoms with van der Waals surface area (Å²) in [7, 11) is 1.71. The van der Waals surface area contributed by atoms with Gasteiger partial charge < -0.3 is 10.1 Å². The Balaban J connectivity index is 2.06. The molecule has 2 aromatic rings. The molecule has 0 amide bonds. The Morgan fingerprint density at radius 3 is 2.75 bits per heavy atom. The number of ether oxygens (including phenoxy) is 1. The molecular weight excluding hydrogens is 250 g/mol. The molecule has 1 fully saturated rings. The molecule has 0 unspecified atom stereocenters. The lowest BCUT2D eigenvalue weighted by Gasteiger charge is -2.34. The van der Waals surface area contributed by atoms with Crippen LogP contribution in [0.1, 0.15) is 25.5 Å². The van der Waals surface area contributed by atoms with Gasteiger partial charge in [-0.1, -0.05) is 19.1 Å². The van der Waals surface area contributed by atoms with Gasteiger partial charge in [-0.15, -0.1) is 0 Å².